The maximum absolute atomic E-state index is 13.8. The molecule has 0 spiro atoms. The predicted molar refractivity (Wildman–Crippen MR) is 149 cm³/mol. The third-order valence-corrected chi connectivity index (χ3v) is 7.61. The molecule has 13 heteroatoms. The summed E-state index contributed by atoms with van der Waals surface area (Å²) in [6.07, 6.45) is 4.56. The summed E-state index contributed by atoms with van der Waals surface area (Å²) in [6.45, 7) is 4.50. The highest BCUT2D eigenvalue weighted by atomic mass is 35.5. The number of sulfonamides is 1. The minimum absolute atomic E-state index is 0.134. The lowest BCUT2D eigenvalue weighted by Gasteiger charge is -2.26. The van der Waals surface area contributed by atoms with Crippen molar-refractivity contribution in [3.05, 3.63) is 76.8 Å². The zero-order chi connectivity index (χ0) is 28.5. The number of amides is 1. The molecule has 2 heterocycles. The van der Waals surface area contributed by atoms with E-state index in [0.29, 0.717) is 16.7 Å². The van der Waals surface area contributed by atoms with Crippen LogP contribution in [-0.4, -0.2) is 54.0 Å². The summed E-state index contributed by atoms with van der Waals surface area (Å²) in [5.41, 5.74) is 0.273. The second-order valence-corrected chi connectivity index (χ2v) is 12.2. The van der Waals surface area contributed by atoms with Crippen LogP contribution in [0.5, 0.6) is 0 Å². The molecule has 0 aliphatic rings. The van der Waals surface area contributed by atoms with E-state index in [1.54, 1.807) is 55.8 Å². The topological polar surface area (TPSA) is 123 Å². The van der Waals surface area contributed by atoms with Gasteiger partial charge in [0.25, 0.3) is 15.9 Å². The third-order valence-electron chi connectivity index (χ3n) is 5.42. The number of hydrogen-bond acceptors (Lipinski definition) is 7. The smallest absolute Gasteiger partial charge is 0.327 e. The number of carbonyl (C=O) groups excluding carboxylic acids is 2. The Labute approximate surface area is 235 Å². The predicted octanol–water partition coefficient (Wildman–Crippen LogP) is 4.62. The fourth-order valence-electron chi connectivity index (χ4n) is 3.79. The molecule has 0 unspecified atom stereocenters. The number of halogens is 2. The van der Waals surface area contributed by atoms with E-state index in [9.17, 15) is 18.0 Å². The minimum atomic E-state index is -4.28. The molecule has 204 valence electrons. The number of carbonyl (C=O) groups is 2. The normalized spacial score (nSPS) is 11.8. The molecule has 0 fully saturated rings. The van der Waals surface area contributed by atoms with Crippen LogP contribution >= 0.6 is 23.2 Å². The number of ether oxygens (including phenoxy) is 1. The number of fused-ring (bicyclic) bond motifs is 1. The number of nitrogens with zero attached hydrogens (tertiary/aromatic N) is 4. The number of rotatable bonds is 7. The van der Waals surface area contributed by atoms with E-state index in [1.165, 1.54) is 37.6 Å². The van der Waals surface area contributed by atoms with Gasteiger partial charge in [0.15, 0.2) is 5.82 Å². The van der Waals surface area contributed by atoms with Gasteiger partial charge in [-0.1, -0.05) is 23.2 Å². The van der Waals surface area contributed by atoms with Crippen molar-refractivity contribution in [3.8, 4) is 5.82 Å². The monoisotopic (exact) mass is 589 g/mol. The average molecular weight is 590 g/mol. The molecule has 1 amide bonds. The number of anilines is 1. The van der Waals surface area contributed by atoms with Gasteiger partial charge in [-0.3, -0.25) is 18.5 Å². The highest BCUT2D eigenvalue weighted by Crippen LogP contribution is 2.31. The van der Waals surface area contributed by atoms with Gasteiger partial charge in [0.2, 0.25) is 0 Å². The molecule has 0 radical (unpaired) electrons. The van der Waals surface area contributed by atoms with Crippen molar-refractivity contribution in [3.63, 3.8) is 0 Å². The minimum Gasteiger partial charge on any atom is -0.459 e. The van der Waals surface area contributed by atoms with Crippen LogP contribution in [0.15, 0.2) is 66.0 Å². The Hall–Kier alpha value is -3.67. The molecule has 0 atom stereocenters. The van der Waals surface area contributed by atoms with E-state index < -0.39 is 28.1 Å². The van der Waals surface area contributed by atoms with Crippen molar-refractivity contribution >= 4 is 61.7 Å². The number of aromatic nitrogens is 3. The molecular formula is C26H25Cl2N5O5S. The van der Waals surface area contributed by atoms with E-state index in [0.717, 1.165) is 4.31 Å². The second kappa shape index (κ2) is 10.8. The first-order valence-electron chi connectivity index (χ1n) is 11.6. The molecule has 10 nitrogen and oxygen atoms in total. The Morgan fingerprint density at radius 1 is 1.03 bits per heavy atom. The molecule has 1 N–H and O–H groups in total. The van der Waals surface area contributed by atoms with Crippen LogP contribution in [-0.2, 0) is 19.6 Å². The largest absolute Gasteiger partial charge is 0.459 e. The van der Waals surface area contributed by atoms with E-state index in [-0.39, 0.29) is 32.2 Å². The van der Waals surface area contributed by atoms with Crippen molar-refractivity contribution in [2.75, 3.05) is 17.9 Å². The van der Waals surface area contributed by atoms with Crippen LogP contribution in [0, 0.1) is 0 Å². The van der Waals surface area contributed by atoms with E-state index in [4.69, 9.17) is 27.9 Å². The van der Waals surface area contributed by atoms with Crippen LogP contribution in [0.2, 0.25) is 10.0 Å². The highest BCUT2D eigenvalue weighted by molar-refractivity contribution is 7.92. The lowest BCUT2D eigenvalue weighted by atomic mass is 10.2. The third kappa shape index (κ3) is 6.32. The van der Waals surface area contributed by atoms with E-state index in [1.807, 2.05) is 0 Å². The zero-order valence-corrected chi connectivity index (χ0v) is 23.8. The Kier molecular flexibility index (Phi) is 7.87. The van der Waals surface area contributed by atoms with Gasteiger partial charge in [0, 0.05) is 28.7 Å². The van der Waals surface area contributed by atoms with Gasteiger partial charge >= 0.3 is 5.97 Å². The molecule has 2 aromatic heterocycles. The molecule has 4 rings (SSSR count). The second-order valence-electron chi connectivity index (χ2n) is 9.47. The molecule has 0 aliphatic carbocycles. The maximum Gasteiger partial charge on any atom is 0.327 e. The number of esters is 1. The quantitative estimate of drug-likeness (QED) is 0.312. The lowest BCUT2D eigenvalue weighted by Crippen LogP contribution is -2.39. The first kappa shape index (κ1) is 28.3. The first-order chi connectivity index (χ1) is 18.3. The lowest BCUT2D eigenvalue weighted by molar-refractivity contribution is -0.152. The Balaban J connectivity index is 1.77. The Morgan fingerprint density at radius 3 is 2.31 bits per heavy atom. The summed E-state index contributed by atoms with van der Waals surface area (Å²) in [5.74, 6) is -0.635. The fourth-order valence-corrected chi connectivity index (χ4v) is 5.91. The van der Waals surface area contributed by atoms with Crippen LogP contribution in [0.4, 0.5) is 5.69 Å². The molecule has 0 aliphatic heterocycles. The molecule has 0 saturated carbocycles. The molecule has 0 bridgehead atoms. The number of benzene rings is 2. The van der Waals surface area contributed by atoms with Gasteiger partial charge in [0.05, 0.1) is 28.5 Å². The van der Waals surface area contributed by atoms with Gasteiger partial charge < -0.3 is 10.1 Å². The van der Waals surface area contributed by atoms with Crippen molar-refractivity contribution in [1.29, 1.82) is 0 Å². The van der Waals surface area contributed by atoms with E-state index >= 15 is 0 Å². The summed E-state index contributed by atoms with van der Waals surface area (Å²) in [5, 5.41) is 3.42. The standard InChI is InChI=1S/C26H25Cl2N5O5S/c1-26(2,3)38-24(34)15-33(39(36,37)20-11-17(27)10-18(28)12-20)19-5-6-22-16(9-19)7-8-32(22)23-14-30-21(13-31-23)25(35)29-4/h5-14H,15H2,1-4H3,(H,29,35). The number of hydrogen-bond donors (Lipinski definition) is 1. The maximum atomic E-state index is 13.8. The summed E-state index contributed by atoms with van der Waals surface area (Å²) in [6, 6.07) is 10.6. The van der Waals surface area contributed by atoms with Crippen LogP contribution < -0.4 is 9.62 Å². The van der Waals surface area contributed by atoms with Crippen molar-refractivity contribution in [1.82, 2.24) is 19.9 Å². The number of nitrogens with one attached hydrogen (secondary N) is 1. The van der Waals surface area contributed by atoms with Crippen LogP contribution in [0.25, 0.3) is 16.7 Å². The van der Waals surface area contributed by atoms with Crippen LogP contribution in [0.3, 0.4) is 0 Å². The van der Waals surface area contributed by atoms with Gasteiger partial charge in [-0.25, -0.2) is 18.4 Å². The van der Waals surface area contributed by atoms with Gasteiger partial charge in [-0.15, -0.1) is 0 Å². The summed E-state index contributed by atoms with van der Waals surface area (Å²) in [7, 11) is -2.78. The Bertz CT molecular complexity index is 1640. The van der Waals surface area contributed by atoms with Gasteiger partial charge in [0.1, 0.15) is 17.8 Å². The van der Waals surface area contributed by atoms with Gasteiger partial charge in [-0.05, 0) is 63.2 Å². The molecule has 39 heavy (non-hydrogen) atoms. The summed E-state index contributed by atoms with van der Waals surface area (Å²) < 4.78 is 35.6. The molecular weight excluding hydrogens is 565 g/mol. The molecule has 4 aromatic rings. The Morgan fingerprint density at radius 2 is 1.72 bits per heavy atom. The highest BCUT2D eigenvalue weighted by Gasteiger charge is 2.30. The van der Waals surface area contributed by atoms with Crippen LogP contribution in [0.1, 0.15) is 31.3 Å². The van der Waals surface area contributed by atoms with Crippen molar-refractivity contribution in [2.24, 2.45) is 0 Å². The zero-order valence-electron chi connectivity index (χ0n) is 21.5. The van der Waals surface area contributed by atoms with Crippen molar-refractivity contribution in [2.45, 2.75) is 31.3 Å². The van der Waals surface area contributed by atoms with Gasteiger partial charge in [-0.2, -0.15) is 0 Å². The summed E-state index contributed by atoms with van der Waals surface area (Å²) in [4.78, 5) is 32.8. The average Bonchev–Trinajstić information content (AvgIpc) is 3.28. The first-order valence-corrected chi connectivity index (χ1v) is 13.8. The summed E-state index contributed by atoms with van der Waals surface area (Å²) >= 11 is 12.2. The van der Waals surface area contributed by atoms with E-state index in [2.05, 4.69) is 15.3 Å². The molecule has 0 saturated heterocycles. The van der Waals surface area contributed by atoms with Crippen molar-refractivity contribution < 1.29 is 22.7 Å². The SMILES string of the molecule is CNC(=O)c1cnc(-n2ccc3cc(N(CC(=O)OC(C)(C)C)S(=O)(=O)c4cc(Cl)cc(Cl)c4)ccc32)cn1. The molecule has 2 aromatic carbocycles. The fraction of sp³-hybridized carbons (Fsp3) is 0.231.